The molecule has 1 aliphatic carbocycles. The van der Waals surface area contributed by atoms with Crippen LogP contribution in [0.25, 0.3) is 0 Å². The Morgan fingerprint density at radius 3 is 2.33 bits per heavy atom. The topological polar surface area (TPSA) is 49.4 Å². The Kier molecular flexibility index (Phi) is 4.64. The highest BCUT2D eigenvalue weighted by Crippen LogP contribution is 2.45. The van der Waals surface area contributed by atoms with E-state index in [9.17, 15) is 9.59 Å². The van der Waals surface area contributed by atoms with Crippen molar-refractivity contribution in [3.8, 4) is 0 Å². The van der Waals surface area contributed by atoms with Gasteiger partial charge in [-0.15, -0.1) is 0 Å². The van der Waals surface area contributed by atoms with Crippen molar-refractivity contribution in [2.75, 3.05) is 6.54 Å². The van der Waals surface area contributed by atoms with E-state index in [-0.39, 0.29) is 23.8 Å². The van der Waals surface area contributed by atoms with Gasteiger partial charge >= 0.3 is 0 Å². The maximum Gasteiger partial charge on any atom is 0.246 e. The molecule has 1 heterocycles. The summed E-state index contributed by atoms with van der Waals surface area (Å²) < 4.78 is 0. The third-order valence-electron chi connectivity index (χ3n) is 5.62. The summed E-state index contributed by atoms with van der Waals surface area (Å²) in [5.74, 6) is 1.13. The lowest BCUT2D eigenvalue weighted by Crippen LogP contribution is -2.72. The van der Waals surface area contributed by atoms with Gasteiger partial charge in [-0.3, -0.25) is 9.59 Å². The summed E-state index contributed by atoms with van der Waals surface area (Å²) in [6.45, 7) is 11.1. The molecule has 2 rings (SSSR count). The molecule has 0 aromatic heterocycles. The number of amides is 2. The van der Waals surface area contributed by atoms with E-state index < -0.39 is 5.54 Å². The van der Waals surface area contributed by atoms with E-state index in [0.29, 0.717) is 18.4 Å². The van der Waals surface area contributed by atoms with Crippen molar-refractivity contribution in [1.29, 1.82) is 0 Å². The van der Waals surface area contributed by atoms with E-state index in [1.807, 2.05) is 18.7 Å². The molecular formula is C17H30N2O2. The molecule has 4 atom stereocenters. The number of carbonyl (C=O) groups is 2. The average molecular weight is 294 g/mol. The molecule has 120 valence electrons. The first-order valence-corrected chi connectivity index (χ1v) is 8.48. The van der Waals surface area contributed by atoms with Crippen LogP contribution in [0.3, 0.4) is 0 Å². The zero-order valence-corrected chi connectivity index (χ0v) is 14.1. The minimum atomic E-state index is -0.634. The van der Waals surface area contributed by atoms with Crippen LogP contribution in [0, 0.1) is 17.8 Å². The number of nitrogens with zero attached hydrogens (tertiary/aromatic N) is 1. The van der Waals surface area contributed by atoms with Crippen molar-refractivity contribution in [2.45, 2.75) is 71.9 Å². The summed E-state index contributed by atoms with van der Waals surface area (Å²) in [7, 11) is 0. The van der Waals surface area contributed by atoms with Gasteiger partial charge in [0.15, 0.2) is 0 Å². The molecule has 2 amide bonds. The fourth-order valence-corrected chi connectivity index (χ4v) is 3.26. The van der Waals surface area contributed by atoms with Gasteiger partial charge in [0.25, 0.3) is 0 Å². The summed E-state index contributed by atoms with van der Waals surface area (Å²) >= 11 is 0. The summed E-state index contributed by atoms with van der Waals surface area (Å²) in [6, 6.07) is -0.349. The molecule has 1 aliphatic heterocycles. The van der Waals surface area contributed by atoms with Crippen LogP contribution in [0.2, 0.25) is 0 Å². The predicted octanol–water partition coefficient (Wildman–Crippen LogP) is 2.57. The van der Waals surface area contributed by atoms with Gasteiger partial charge in [-0.1, -0.05) is 40.5 Å². The number of nitrogens with one attached hydrogen (secondary N) is 1. The van der Waals surface area contributed by atoms with Crippen molar-refractivity contribution in [1.82, 2.24) is 10.2 Å². The van der Waals surface area contributed by atoms with E-state index in [1.165, 1.54) is 0 Å². The Morgan fingerprint density at radius 2 is 1.86 bits per heavy atom. The number of piperazine rings is 1. The Morgan fingerprint density at radius 1 is 1.24 bits per heavy atom. The summed E-state index contributed by atoms with van der Waals surface area (Å²) in [5.41, 5.74) is -0.634. The highest BCUT2D eigenvalue weighted by atomic mass is 16.2. The van der Waals surface area contributed by atoms with Crippen LogP contribution >= 0.6 is 0 Å². The van der Waals surface area contributed by atoms with Gasteiger partial charge in [-0.05, 0) is 37.5 Å². The molecule has 0 spiro atoms. The van der Waals surface area contributed by atoms with Crippen LogP contribution in [0.4, 0.5) is 0 Å². The number of hydrogen-bond donors (Lipinski definition) is 1. The highest BCUT2D eigenvalue weighted by molar-refractivity contribution is 6.00. The zero-order valence-electron chi connectivity index (χ0n) is 14.1. The van der Waals surface area contributed by atoms with Gasteiger partial charge in [0, 0.05) is 6.54 Å². The van der Waals surface area contributed by atoms with E-state index in [4.69, 9.17) is 0 Å². The Labute approximate surface area is 128 Å². The van der Waals surface area contributed by atoms with Crippen LogP contribution in [0.1, 0.15) is 60.3 Å². The fourth-order valence-electron chi connectivity index (χ4n) is 3.26. The third kappa shape index (κ3) is 2.82. The minimum Gasteiger partial charge on any atom is -0.342 e. The maximum atomic E-state index is 13.0. The van der Waals surface area contributed by atoms with E-state index in [0.717, 1.165) is 25.7 Å². The third-order valence-corrected chi connectivity index (χ3v) is 5.62. The van der Waals surface area contributed by atoms with Crippen LogP contribution in [-0.2, 0) is 9.59 Å². The predicted molar refractivity (Wildman–Crippen MR) is 83.7 cm³/mol. The minimum absolute atomic E-state index is 0.0539. The smallest absolute Gasteiger partial charge is 0.246 e. The van der Waals surface area contributed by atoms with Gasteiger partial charge in [0.1, 0.15) is 11.6 Å². The quantitative estimate of drug-likeness (QED) is 0.818. The second-order valence-electron chi connectivity index (χ2n) is 7.22. The van der Waals surface area contributed by atoms with Crippen molar-refractivity contribution < 1.29 is 9.59 Å². The lowest BCUT2D eigenvalue weighted by molar-refractivity contribution is -0.160. The molecular weight excluding hydrogens is 264 g/mol. The monoisotopic (exact) mass is 294 g/mol. The first-order valence-electron chi connectivity index (χ1n) is 8.48. The summed E-state index contributed by atoms with van der Waals surface area (Å²) in [5, 5.41) is 3.02. The Balaban J connectivity index is 2.30. The number of carbonyl (C=O) groups excluding carboxylic acids is 2. The second kappa shape index (κ2) is 5.98. The highest BCUT2D eigenvalue weighted by Gasteiger charge is 2.57. The number of hydrogen-bond acceptors (Lipinski definition) is 2. The van der Waals surface area contributed by atoms with Crippen molar-refractivity contribution >= 4 is 11.8 Å². The molecule has 4 unspecified atom stereocenters. The first kappa shape index (κ1) is 16.3. The SMILES string of the molecule is CCC(C)CN1C(=O)C(C(C)CC)NC(=O)C1(C)C1CC1. The molecule has 1 saturated heterocycles. The molecule has 4 nitrogen and oxygen atoms in total. The van der Waals surface area contributed by atoms with Gasteiger partial charge in [-0.2, -0.15) is 0 Å². The van der Waals surface area contributed by atoms with E-state index in [2.05, 4.69) is 26.1 Å². The first-order chi connectivity index (χ1) is 9.86. The van der Waals surface area contributed by atoms with Crippen LogP contribution in [0.5, 0.6) is 0 Å². The van der Waals surface area contributed by atoms with Crippen molar-refractivity contribution in [2.24, 2.45) is 17.8 Å². The second-order valence-corrected chi connectivity index (χ2v) is 7.22. The van der Waals surface area contributed by atoms with Gasteiger partial charge in [0.05, 0.1) is 0 Å². The van der Waals surface area contributed by atoms with Crippen molar-refractivity contribution in [3.05, 3.63) is 0 Å². The van der Waals surface area contributed by atoms with Gasteiger partial charge < -0.3 is 10.2 Å². The van der Waals surface area contributed by atoms with Gasteiger partial charge in [0.2, 0.25) is 11.8 Å². The van der Waals surface area contributed by atoms with Crippen LogP contribution in [-0.4, -0.2) is 34.8 Å². The fraction of sp³-hybridized carbons (Fsp3) is 0.882. The molecule has 1 N–H and O–H groups in total. The lowest BCUT2D eigenvalue weighted by atomic mass is 9.84. The molecule has 1 saturated carbocycles. The van der Waals surface area contributed by atoms with E-state index in [1.54, 1.807) is 0 Å². The molecule has 2 aliphatic rings. The molecule has 0 radical (unpaired) electrons. The summed E-state index contributed by atoms with van der Waals surface area (Å²) in [4.78, 5) is 27.6. The van der Waals surface area contributed by atoms with Crippen LogP contribution in [0.15, 0.2) is 0 Å². The molecule has 4 heteroatoms. The maximum absolute atomic E-state index is 13.0. The van der Waals surface area contributed by atoms with Crippen molar-refractivity contribution in [3.63, 3.8) is 0 Å². The largest absolute Gasteiger partial charge is 0.342 e. The van der Waals surface area contributed by atoms with E-state index >= 15 is 0 Å². The normalized spacial score (nSPS) is 32.8. The van der Waals surface area contributed by atoms with Gasteiger partial charge in [-0.25, -0.2) is 0 Å². The lowest BCUT2D eigenvalue weighted by Gasteiger charge is -2.48. The molecule has 2 fully saturated rings. The average Bonchev–Trinajstić information content (AvgIpc) is 3.31. The Bertz CT molecular complexity index is 419. The summed E-state index contributed by atoms with van der Waals surface area (Å²) in [6.07, 6.45) is 4.04. The van der Waals surface area contributed by atoms with Crippen LogP contribution < -0.4 is 5.32 Å². The standard InChI is InChI=1S/C17H30N2O2/c1-6-11(3)10-19-15(20)14(12(4)7-2)18-16(21)17(19,5)13-8-9-13/h11-14H,6-10H2,1-5H3,(H,18,21). The molecule has 0 aromatic rings. The Hall–Kier alpha value is -1.06. The molecule has 21 heavy (non-hydrogen) atoms. The molecule has 0 bridgehead atoms. The number of rotatable bonds is 6. The molecule has 0 aromatic carbocycles. The zero-order chi connectivity index (χ0) is 15.8.